The van der Waals surface area contributed by atoms with Crippen LogP contribution in [0.5, 0.6) is 5.75 Å². The SMILES string of the molecule is CCN(C(=O)C1CC1C(=O)Nc1ccccc1OC)c1ccccc1. The second-order valence-corrected chi connectivity index (χ2v) is 6.06. The second-order valence-electron chi connectivity index (χ2n) is 6.06. The molecule has 2 unspecified atom stereocenters. The number of hydrogen-bond acceptors (Lipinski definition) is 3. The Balaban J connectivity index is 1.65. The fourth-order valence-electron chi connectivity index (χ4n) is 3.00. The highest BCUT2D eigenvalue weighted by atomic mass is 16.5. The summed E-state index contributed by atoms with van der Waals surface area (Å²) in [6.45, 7) is 2.53. The fraction of sp³-hybridized carbons (Fsp3) is 0.300. The Morgan fingerprint density at radius 2 is 1.76 bits per heavy atom. The molecule has 1 aliphatic rings. The average Bonchev–Trinajstić information content (AvgIpc) is 3.44. The van der Waals surface area contributed by atoms with Crippen LogP contribution in [-0.2, 0) is 9.59 Å². The molecule has 0 bridgehead atoms. The molecule has 2 atom stereocenters. The average molecular weight is 338 g/mol. The molecule has 3 rings (SSSR count). The predicted octanol–water partition coefficient (Wildman–Crippen LogP) is 3.32. The van der Waals surface area contributed by atoms with Gasteiger partial charge in [-0.15, -0.1) is 0 Å². The largest absolute Gasteiger partial charge is 0.495 e. The van der Waals surface area contributed by atoms with Gasteiger partial charge in [-0.2, -0.15) is 0 Å². The van der Waals surface area contributed by atoms with Crippen molar-refractivity contribution in [2.75, 3.05) is 23.9 Å². The van der Waals surface area contributed by atoms with Gasteiger partial charge in [-0.3, -0.25) is 9.59 Å². The maximum atomic E-state index is 12.7. The normalized spacial score (nSPS) is 18.3. The third-order valence-electron chi connectivity index (χ3n) is 4.46. The van der Waals surface area contributed by atoms with Crippen molar-refractivity contribution in [1.29, 1.82) is 0 Å². The van der Waals surface area contributed by atoms with Crippen LogP contribution in [0, 0.1) is 11.8 Å². The van der Waals surface area contributed by atoms with Gasteiger partial charge in [0.25, 0.3) is 0 Å². The highest BCUT2D eigenvalue weighted by molar-refractivity contribution is 6.04. The summed E-state index contributed by atoms with van der Waals surface area (Å²) in [6.07, 6.45) is 0.586. The number of rotatable bonds is 6. The Kier molecular flexibility index (Phi) is 5.03. The topological polar surface area (TPSA) is 58.6 Å². The number of carbonyl (C=O) groups is 2. The van der Waals surface area contributed by atoms with Crippen molar-refractivity contribution in [3.8, 4) is 5.75 Å². The molecule has 1 saturated carbocycles. The van der Waals surface area contributed by atoms with Crippen molar-refractivity contribution >= 4 is 23.2 Å². The van der Waals surface area contributed by atoms with Crippen molar-refractivity contribution in [3.05, 3.63) is 54.6 Å². The minimum atomic E-state index is -0.282. The monoisotopic (exact) mass is 338 g/mol. The Morgan fingerprint density at radius 1 is 1.08 bits per heavy atom. The number of nitrogens with zero attached hydrogens (tertiary/aromatic N) is 1. The maximum Gasteiger partial charge on any atom is 0.230 e. The van der Waals surface area contributed by atoms with Crippen LogP contribution >= 0.6 is 0 Å². The summed E-state index contributed by atoms with van der Waals surface area (Å²) in [5, 5.41) is 2.87. The van der Waals surface area contributed by atoms with Gasteiger partial charge in [-0.1, -0.05) is 30.3 Å². The van der Waals surface area contributed by atoms with Crippen LogP contribution in [0.1, 0.15) is 13.3 Å². The molecule has 25 heavy (non-hydrogen) atoms. The number of carbonyl (C=O) groups excluding carboxylic acids is 2. The number of benzene rings is 2. The van der Waals surface area contributed by atoms with Gasteiger partial charge in [0.1, 0.15) is 5.75 Å². The Bertz CT molecular complexity index is 761. The summed E-state index contributed by atoms with van der Waals surface area (Å²) in [7, 11) is 1.56. The van der Waals surface area contributed by atoms with E-state index in [2.05, 4.69) is 5.32 Å². The zero-order chi connectivity index (χ0) is 17.8. The number of nitrogens with one attached hydrogen (secondary N) is 1. The van der Waals surface area contributed by atoms with Gasteiger partial charge in [-0.25, -0.2) is 0 Å². The highest BCUT2D eigenvalue weighted by Crippen LogP contribution is 2.42. The van der Waals surface area contributed by atoms with Gasteiger partial charge < -0.3 is 15.0 Å². The van der Waals surface area contributed by atoms with Gasteiger partial charge in [0.05, 0.1) is 24.6 Å². The maximum absolute atomic E-state index is 12.7. The van der Waals surface area contributed by atoms with Crippen LogP contribution in [0.4, 0.5) is 11.4 Å². The van der Waals surface area contributed by atoms with E-state index in [9.17, 15) is 9.59 Å². The van der Waals surface area contributed by atoms with Crippen LogP contribution < -0.4 is 15.0 Å². The van der Waals surface area contributed by atoms with Crippen molar-refractivity contribution in [1.82, 2.24) is 0 Å². The van der Waals surface area contributed by atoms with E-state index >= 15 is 0 Å². The number of anilines is 2. The minimum absolute atomic E-state index is 0.00822. The van der Waals surface area contributed by atoms with Gasteiger partial charge in [0, 0.05) is 12.2 Å². The third kappa shape index (κ3) is 3.65. The Morgan fingerprint density at radius 3 is 2.44 bits per heavy atom. The molecule has 0 radical (unpaired) electrons. The minimum Gasteiger partial charge on any atom is -0.495 e. The van der Waals surface area contributed by atoms with E-state index in [1.165, 1.54) is 0 Å². The standard InChI is InChI=1S/C20H22N2O3/c1-3-22(14-9-5-4-6-10-14)20(24)16-13-15(16)19(23)21-17-11-7-8-12-18(17)25-2/h4-12,15-16H,3,13H2,1-2H3,(H,21,23). The fourth-order valence-corrected chi connectivity index (χ4v) is 3.00. The van der Waals surface area contributed by atoms with Gasteiger partial charge in [0.15, 0.2) is 0 Å². The molecule has 0 saturated heterocycles. The molecule has 0 heterocycles. The predicted molar refractivity (Wildman–Crippen MR) is 97.7 cm³/mol. The molecular formula is C20H22N2O3. The Labute approximate surface area is 147 Å². The van der Waals surface area contributed by atoms with E-state index in [1.807, 2.05) is 49.4 Å². The Hall–Kier alpha value is -2.82. The third-order valence-corrected chi connectivity index (χ3v) is 4.46. The van der Waals surface area contributed by atoms with Crippen LogP contribution in [-0.4, -0.2) is 25.5 Å². The molecule has 1 N–H and O–H groups in total. The first kappa shape index (κ1) is 17.0. The van der Waals surface area contributed by atoms with Crippen LogP contribution in [0.25, 0.3) is 0 Å². The van der Waals surface area contributed by atoms with Crippen molar-refractivity contribution in [2.45, 2.75) is 13.3 Å². The smallest absolute Gasteiger partial charge is 0.230 e. The summed E-state index contributed by atoms with van der Waals surface area (Å²) in [4.78, 5) is 27.0. The molecule has 2 aromatic rings. The van der Waals surface area contributed by atoms with Crippen LogP contribution in [0.3, 0.4) is 0 Å². The summed E-state index contributed by atoms with van der Waals surface area (Å²) < 4.78 is 5.24. The van der Waals surface area contributed by atoms with Crippen LogP contribution in [0.15, 0.2) is 54.6 Å². The number of hydrogen-bond donors (Lipinski definition) is 1. The molecule has 5 nitrogen and oxygen atoms in total. The van der Waals surface area contributed by atoms with E-state index < -0.39 is 0 Å². The summed E-state index contributed by atoms with van der Waals surface area (Å²) in [6, 6.07) is 16.8. The molecule has 0 aliphatic heterocycles. The summed E-state index contributed by atoms with van der Waals surface area (Å²) in [5.74, 6) is -0.0512. The molecule has 2 amide bonds. The van der Waals surface area contributed by atoms with Crippen molar-refractivity contribution < 1.29 is 14.3 Å². The molecule has 5 heteroatoms. The van der Waals surface area contributed by atoms with E-state index in [-0.39, 0.29) is 23.7 Å². The van der Waals surface area contributed by atoms with Crippen molar-refractivity contribution in [2.24, 2.45) is 11.8 Å². The van der Waals surface area contributed by atoms with Gasteiger partial charge >= 0.3 is 0 Å². The first-order chi connectivity index (χ1) is 12.2. The van der Waals surface area contributed by atoms with Gasteiger partial charge in [-0.05, 0) is 37.6 Å². The first-order valence-electron chi connectivity index (χ1n) is 8.46. The second kappa shape index (κ2) is 7.38. The molecule has 2 aromatic carbocycles. The summed E-state index contributed by atoms with van der Waals surface area (Å²) >= 11 is 0. The van der Waals surface area contributed by atoms with E-state index in [4.69, 9.17) is 4.74 Å². The molecule has 1 fully saturated rings. The molecule has 130 valence electrons. The lowest BCUT2D eigenvalue weighted by Gasteiger charge is -2.21. The van der Waals surface area contributed by atoms with E-state index in [0.717, 1.165) is 5.69 Å². The lowest BCUT2D eigenvalue weighted by atomic mass is 10.2. The van der Waals surface area contributed by atoms with Crippen molar-refractivity contribution in [3.63, 3.8) is 0 Å². The first-order valence-corrected chi connectivity index (χ1v) is 8.46. The quantitative estimate of drug-likeness (QED) is 0.879. The zero-order valence-corrected chi connectivity index (χ0v) is 14.4. The molecule has 0 aromatic heterocycles. The number of amides is 2. The number of ether oxygens (including phenoxy) is 1. The lowest BCUT2D eigenvalue weighted by Crippen LogP contribution is -2.33. The molecule has 0 spiro atoms. The highest BCUT2D eigenvalue weighted by Gasteiger charge is 2.49. The van der Waals surface area contributed by atoms with E-state index in [1.54, 1.807) is 24.1 Å². The van der Waals surface area contributed by atoms with Crippen LogP contribution in [0.2, 0.25) is 0 Å². The molecular weight excluding hydrogens is 316 g/mol. The molecule has 1 aliphatic carbocycles. The lowest BCUT2D eigenvalue weighted by molar-refractivity contribution is -0.123. The zero-order valence-electron chi connectivity index (χ0n) is 14.4. The number of methoxy groups -OCH3 is 1. The summed E-state index contributed by atoms with van der Waals surface area (Å²) in [5.41, 5.74) is 1.49. The van der Waals surface area contributed by atoms with Gasteiger partial charge in [0.2, 0.25) is 11.8 Å². The van der Waals surface area contributed by atoms with E-state index in [0.29, 0.717) is 24.4 Å². The number of para-hydroxylation sites is 3.